The lowest BCUT2D eigenvalue weighted by Gasteiger charge is -2.14. The molecule has 122 valence electrons. The first kappa shape index (κ1) is 17.1. The third-order valence-corrected chi connectivity index (χ3v) is 4.43. The molecule has 6 heteroatoms. The summed E-state index contributed by atoms with van der Waals surface area (Å²) >= 11 is 1.27. The molecule has 1 N–H and O–H groups in total. The minimum absolute atomic E-state index is 0.357. The van der Waals surface area contributed by atoms with Gasteiger partial charge in [0.1, 0.15) is 4.88 Å². The van der Waals surface area contributed by atoms with E-state index in [2.05, 4.69) is 10.3 Å². The van der Waals surface area contributed by atoms with Crippen LogP contribution in [-0.4, -0.2) is 23.0 Å². The van der Waals surface area contributed by atoms with Crippen LogP contribution in [0.15, 0.2) is 18.2 Å². The van der Waals surface area contributed by atoms with Crippen LogP contribution in [0, 0.1) is 27.7 Å². The number of nitrogens with zero attached hydrogens (tertiary/aromatic N) is 1. The average molecular weight is 332 g/mol. The van der Waals surface area contributed by atoms with Gasteiger partial charge in [0.25, 0.3) is 5.91 Å². The van der Waals surface area contributed by atoms with Gasteiger partial charge in [-0.2, -0.15) is 0 Å². The zero-order valence-corrected chi connectivity index (χ0v) is 14.7. The molecule has 1 aromatic carbocycles. The number of thiazole rings is 1. The van der Waals surface area contributed by atoms with Crippen molar-refractivity contribution in [1.29, 1.82) is 0 Å². The zero-order valence-electron chi connectivity index (χ0n) is 13.9. The standard InChI is InChI=1S/C17H20N2O3S/c1-9-6-7-14(10(2)8-9)19-16(20)12(4)22-17(21)15-11(3)18-13(5)23-15/h6-8,12H,1-5H3,(H,19,20)/t12-/m1/s1. The van der Waals surface area contributed by atoms with Crippen molar-refractivity contribution in [2.75, 3.05) is 5.32 Å². The molecule has 0 saturated carbocycles. The predicted octanol–water partition coefficient (Wildman–Crippen LogP) is 3.56. The molecular formula is C17H20N2O3S. The molecule has 0 aliphatic carbocycles. The number of ether oxygens (including phenoxy) is 1. The quantitative estimate of drug-likeness (QED) is 0.869. The topological polar surface area (TPSA) is 68.3 Å². The number of hydrogen-bond acceptors (Lipinski definition) is 5. The fourth-order valence-electron chi connectivity index (χ4n) is 2.18. The van der Waals surface area contributed by atoms with Crippen LogP contribution in [0.2, 0.25) is 0 Å². The van der Waals surface area contributed by atoms with E-state index in [1.807, 2.05) is 39.0 Å². The van der Waals surface area contributed by atoms with Crippen LogP contribution in [0.3, 0.4) is 0 Å². The Bertz CT molecular complexity index is 752. The molecule has 1 amide bonds. The van der Waals surface area contributed by atoms with E-state index in [0.717, 1.165) is 16.1 Å². The summed E-state index contributed by atoms with van der Waals surface area (Å²) in [7, 11) is 0. The number of esters is 1. The number of carbonyl (C=O) groups is 2. The molecule has 5 nitrogen and oxygen atoms in total. The summed E-state index contributed by atoms with van der Waals surface area (Å²) in [4.78, 5) is 29.0. The van der Waals surface area contributed by atoms with Crippen molar-refractivity contribution < 1.29 is 14.3 Å². The summed E-state index contributed by atoms with van der Waals surface area (Å²) in [5.41, 5.74) is 3.43. The van der Waals surface area contributed by atoms with Crippen molar-refractivity contribution in [2.45, 2.75) is 40.7 Å². The second kappa shape index (κ2) is 6.91. The van der Waals surface area contributed by atoms with Gasteiger partial charge < -0.3 is 10.1 Å². The Morgan fingerprint density at radius 2 is 1.91 bits per heavy atom. The number of hydrogen-bond donors (Lipinski definition) is 1. The first-order valence-electron chi connectivity index (χ1n) is 7.31. The van der Waals surface area contributed by atoms with E-state index < -0.39 is 12.1 Å². The van der Waals surface area contributed by atoms with Gasteiger partial charge in [0.05, 0.1) is 10.7 Å². The Morgan fingerprint density at radius 3 is 2.48 bits per heavy atom. The van der Waals surface area contributed by atoms with Crippen molar-refractivity contribution in [3.05, 3.63) is 44.9 Å². The molecule has 0 saturated heterocycles. The molecule has 0 aliphatic heterocycles. The molecule has 0 fully saturated rings. The second-order valence-electron chi connectivity index (χ2n) is 5.50. The molecule has 0 spiro atoms. The molecule has 23 heavy (non-hydrogen) atoms. The van der Waals surface area contributed by atoms with Gasteiger partial charge in [-0.3, -0.25) is 4.79 Å². The van der Waals surface area contributed by atoms with Crippen molar-refractivity contribution in [1.82, 2.24) is 4.98 Å². The maximum absolute atomic E-state index is 12.2. The number of anilines is 1. The fourth-order valence-corrected chi connectivity index (χ4v) is 2.98. The normalized spacial score (nSPS) is 11.9. The summed E-state index contributed by atoms with van der Waals surface area (Å²) in [6.45, 7) is 9.04. The van der Waals surface area contributed by atoms with Crippen molar-refractivity contribution in [3.8, 4) is 0 Å². The Kier molecular flexibility index (Phi) is 5.15. The van der Waals surface area contributed by atoms with Crippen LogP contribution >= 0.6 is 11.3 Å². The highest BCUT2D eigenvalue weighted by atomic mass is 32.1. The number of rotatable bonds is 4. The first-order chi connectivity index (χ1) is 10.8. The van der Waals surface area contributed by atoms with Crippen LogP contribution in [0.5, 0.6) is 0 Å². The van der Waals surface area contributed by atoms with Crippen LogP contribution in [-0.2, 0) is 9.53 Å². The van der Waals surface area contributed by atoms with E-state index in [1.165, 1.54) is 11.3 Å². The van der Waals surface area contributed by atoms with Crippen molar-refractivity contribution >= 4 is 28.9 Å². The number of nitrogens with one attached hydrogen (secondary N) is 1. The molecule has 1 heterocycles. The van der Waals surface area contributed by atoms with E-state index in [1.54, 1.807) is 13.8 Å². The second-order valence-corrected chi connectivity index (χ2v) is 6.71. The van der Waals surface area contributed by atoms with E-state index in [9.17, 15) is 9.59 Å². The maximum atomic E-state index is 12.2. The number of benzene rings is 1. The molecule has 0 bridgehead atoms. The Hall–Kier alpha value is -2.21. The van der Waals surface area contributed by atoms with Gasteiger partial charge >= 0.3 is 5.97 Å². The monoisotopic (exact) mass is 332 g/mol. The van der Waals surface area contributed by atoms with Gasteiger partial charge in [-0.1, -0.05) is 17.7 Å². The SMILES string of the molecule is Cc1ccc(NC(=O)[C@@H](C)OC(=O)c2sc(C)nc2C)c(C)c1. The highest BCUT2D eigenvalue weighted by Gasteiger charge is 2.22. The van der Waals surface area contributed by atoms with E-state index in [-0.39, 0.29) is 5.91 Å². The molecule has 2 aromatic rings. The minimum Gasteiger partial charge on any atom is -0.448 e. The lowest BCUT2D eigenvalue weighted by molar-refractivity contribution is -0.123. The molecule has 1 aromatic heterocycles. The number of aromatic nitrogens is 1. The van der Waals surface area contributed by atoms with Gasteiger partial charge in [0.15, 0.2) is 6.10 Å². The Morgan fingerprint density at radius 1 is 1.22 bits per heavy atom. The van der Waals surface area contributed by atoms with Crippen LogP contribution in [0.1, 0.15) is 38.4 Å². The highest BCUT2D eigenvalue weighted by Crippen LogP contribution is 2.20. The van der Waals surface area contributed by atoms with Gasteiger partial charge in [0, 0.05) is 5.69 Å². The Balaban J connectivity index is 2.02. The predicted molar refractivity (Wildman–Crippen MR) is 91.0 cm³/mol. The first-order valence-corrected chi connectivity index (χ1v) is 8.12. The van der Waals surface area contributed by atoms with Gasteiger partial charge in [-0.05, 0) is 46.2 Å². The van der Waals surface area contributed by atoms with E-state index in [0.29, 0.717) is 16.3 Å². The molecular weight excluding hydrogens is 312 g/mol. The lowest BCUT2D eigenvalue weighted by Crippen LogP contribution is -2.30. The highest BCUT2D eigenvalue weighted by molar-refractivity contribution is 7.13. The largest absolute Gasteiger partial charge is 0.448 e. The molecule has 0 radical (unpaired) electrons. The minimum atomic E-state index is -0.884. The number of amides is 1. The Labute approximate surface area is 139 Å². The fraction of sp³-hybridized carbons (Fsp3) is 0.353. The molecule has 2 rings (SSSR count). The smallest absolute Gasteiger partial charge is 0.351 e. The summed E-state index contributed by atoms with van der Waals surface area (Å²) in [6, 6.07) is 5.74. The van der Waals surface area contributed by atoms with Gasteiger partial charge in [-0.15, -0.1) is 11.3 Å². The summed E-state index contributed by atoms with van der Waals surface area (Å²) in [6.07, 6.45) is -0.884. The summed E-state index contributed by atoms with van der Waals surface area (Å²) in [5, 5.41) is 3.58. The summed E-state index contributed by atoms with van der Waals surface area (Å²) in [5.74, 6) is -0.874. The maximum Gasteiger partial charge on any atom is 0.351 e. The van der Waals surface area contributed by atoms with Gasteiger partial charge in [-0.25, -0.2) is 9.78 Å². The van der Waals surface area contributed by atoms with E-state index in [4.69, 9.17) is 4.74 Å². The third-order valence-electron chi connectivity index (χ3n) is 3.38. The molecule has 0 unspecified atom stereocenters. The lowest BCUT2D eigenvalue weighted by atomic mass is 10.1. The average Bonchev–Trinajstić information content (AvgIpc) is 2.80. The molecule has 0 aliphatic rings. The van der Waals surface area contributed by atoms with Crippen molar-refractivity contribution in [3.63, 3.8) is 0 Å². The van der Waals surface area contributed by atoms with Crippen LogP contribution in [0.4, 0.5) is 5.69 Å². The third kappa shape index (κ3) is 4.16. The molecule has 1 atom stereocenters. The number of aryl methyl sites for hydroxylation is 4. The van der Waals surface area contributed by atoms with E-state index >= 15 is 0 Å². The summed E-state index contributed by atoms with van der Waals surface area (Å²) < 4.78 is 5.25. The zero-order chi connectivity index (χ0) is 17.1. The van der Waals surface area contributed by atoms with Crippen LogP contribution < -0.4 is 5.32 Å². The van der Waals surface area contributed by atoms with Gasteiger partial charge in [0.2, 0.25) is 0 Å². The van der Waals surface area contributed by atoms with Crippen molar-refractivity contribution in [2.24, 2.45) is 0 Å². The van der Waals surface area contributed by atoms with Crippen LogP contribution in [0.25, 0.3) is 0 Å². The number of carbonyl (C=O) groups excluding carboxylic acids is 2.